The number of benzene rings is 2. The summed E-state index contributed by atoms with van der Waals surface area (Å²) in [6, 6.07) is 15.1. The molecule has 210 valence electrons. The number of fused-ring (bicyclic) bond motifs is 1. The summed E-state index contributed by atoms with van der Waals surface area (Å²) < 4.78 is 29.1. The van der Waals surface area contributed by atoms with E-state index in [1.54, 1.807) is 14.2 Å². The Labute approximate surface area is 227 Å². The number of ether oxygens (including phenoxy) is 5. The molecule has 1 saturated heterocycles. The van der Waals surface area contributed by atoms with Crippen molar-refractivity contribution in [3.8, 4) is 5.75 Å². The van der Waals surface area contributed by atoms with E-state index in [4.69, 9.17) is 23.7 Å². The van der Waals surface area contributed by atoms with Crippen molar-refractivity contribution in [2.45, 2.75) is 50.6 Å². The Balaban J connectivity index is 1.47. The number of anilines is 1. The fraction of sp³-hybridized carbons (Fsp3) is 0.600. The molecule has 0 unspecified atom stereocenters. The zero-order valence-electron chi connectivity index (χ0n) is 23.1. The molecule has 0 amide bonds. The van der Waals surface area contributed by atoms with Crippen molar-refractivity contribution in [2.75, 3.05) is 71.7 Å². The highest BCUT2D eigenvalue weighted by atomic mass is 16.5. The average Bonchev–Trinajstić information content (AvgIpc) is 2.95. The minimum absolute atomic E-state index is 0.0448. The third-order valence-electron chi connectivity index (χ3n) is 7.35. The molecule has 38 heavy (non-hydrogen) atoms. The number of aliphatic hydroxyl groups is 1. The van der Waals surface area contributed by atoms with Crippen molar-refractivity contribution in [2.24, 2.45) is 0 Å². The SMILES string of the molecule is CCc1ccc([C@@H]2[C@@H](OCc3ccc4c(c3)N(CCCOC)CCO4)CNC[C@H]2OC[C@H](O)COC)cc1. The monoisotopic (exact) mass is 528 g/mol. The van der Waals surface area contributed by atoms with Crippen LogP contribution in [0.2, 0.25) is 0 Å². The molecule has 2 heterocycles. The first-order valence-electron chi connectivity index (χ1n) is 13.8. The van der Waals surface area contributed by atoms with Gasteiger partial charge >= 0.3 is 0 Å². The highest BCUT2D eigenvalue weighted by Crippen LogP contribution is 2.34. The van der Waals surface area contributed by atoms with Gasteiger partial charge in [-0.1, -0.05) is 37.3 Å². The van der Waals surface area contributed by atoms with Crippen molar-refractivity contribution < 1.29 is 28.8 Å². The highest BCUT2D eigenvalue weighted by molar-refractivity contribution is 5.61. The van der Waals surface area contributed by atoms with E-state index in [9.17, 15) is 5.11 Å². The maximum absolute atomic E-state index is 10.2. The smallest absolute Gasteiger partial charge is 0.142 e. The third-order valence-corrected chi connectivity index (χ3v) is 7.35. The number of aliphatic hydroxyl groups excluding tert-OH is 1. The van der Waals surface area contributed by atoms with E-state index in [1.807, 2.05) is 0 Å². The summed E-state index contributed by atoms with van der Waals surface area (Å²) in [4.78, 5) is 2.37. The van der Waals surface area contributed by atoms with Crippen LogP contribution in [0.15, 0.2) is 42.5 Å². The predicted octanol–water partition coefficient (Wildman–Crippen LogP) is 3.15. The molecule has 4 rings (SSSR count). The van der Waals surface area contributed by atoms with Gasteiger partial charge in [-0.3, -0.25) is 0 Å². The molecule has 2 aromatic carbocycles. The van der Waals surface area contributed by atoms with Crippen molar-refractivity contribution >= 4 is 5.69 Å². The first-order chi connectivity index (χ1) is 18.6. The molecule has 0 spiro atoms. The maximum atomic E-state index is 10.2. The molecule has 8 nitrogen and oxygen atoms in total. The van der Waals surface area contributed by atoms with Crippen LogP contribution in [-0.2, 0) is 32.0 Å². The van der Waals surface area contributed by atoms with E-state index >= 15 is 0 Å². The molecular weight excluding hydrogens is 484 g/mol. The van der Waals surface area contributed by atoms with Crippen molar-refractivity contribution in [1.29, 1.82) is 0 Å². The number of nitrogens with zero attached hydrogens (tertiary/aromatic N) is 1. The second-order valence-corrected chi connectivity index (χ2v) is 10.1. The van der Waals surface area contributed by atoms with Gasteiger partial charge in [-0.25, -0.2) is 0 Å². The normalized spacial score (nSPS) is 22.1. The Morgan fingerprint density at radius 2 is 1.76 bits per heavy atom. The Bertz CT molecular complexity index is 972. The summed E-state index contributed by atoms with van der Waals surface area (Å²) in [6.45, 7) is 7.82. The van der Waals surface area contributed by atoms with Crippen molar-refractivity contribution in [3.63, 3.8) is 0 Å². The number of aryl methyl sites for hydroxylation is 1. The quantitative estimate of drug-likeness (QED) is 0.362. The zero-order chi connectivity index (χ0) is 26.7. The van der Waals surface area contributed by atoms with Gasteiger partial charge in [0.15, 0.2) is 0 Å². The lowest BCUT2D eigenvalue weighted by Gasteiger charge is -2.39. The zero-order valence-corrected chi connectivity index (χ0v) is 23.1. The van der Waals surface area contributed by atoms with Gasteiger partial charge in [-0.05, 0) is 41.7 Å². The van der Waals surface area contributed by atoms with Gasteiger partial charge in [0.1, 0.15) is 18.5 Å². The van der Waals surface area contributed by atoms with Crippen LogP contribution >= 0.6 is 0 Å². The lowest BCUT2D eigenvalue weighted by atomic mass is 9.84. The minimum atomic E-state index is -0.658. The van der Waals surface area contributed by atoms with Crippen LogP contribution in [0.3, 0.4) is 0 Å². The van der Waals surface area contributed by atoms with Crippen LogP contribution in [0.25, 0.3) is 0 Å². The maximum Gasteiger partial charge on any atom is 0.142 e. The third kappa shape index (κ3) is 7.68. The van der Waals surface area contributed by atoms with Crippen LogP contribution in [0.5, 0.6) is 5.75 Å². The van der Waals surface area contributed by atoms with Gasteiger partial charge < -0.3 is 39.0 Å². The molecule has 0 aliphatic carbocycles. The minimum Gasteiger partial charge on any atom is -0.490 e. The van der Waals surface area contributed by atoms with E-state index in [2.05, 4.69) is 59.6 Å². The highest BCUT2D eigenvalue weighted by Gasteiger charge is 2.36. The van der Waals surface area contributed by atoms with Gasteiger partial charge in [0.05, 0.1) is 44.3 Å². The largest absolute Gasteiger partial charge is 0.490 e. The molecule has 2 aliphatic rings. The van der Waals surface area contributed by atoms with E-state index in [0.29, 0.717) is 19.8 Å². The molecule has 2 aromatic rings. The topological polar surface area (TPSA) is 81.7 Å². The fourth-order valence-electron chi connectivity index (χ4n) is 5.31. The summed E-state index contributed by atoms with van der Waals surface area (Å²) >= 11 is 0. The molecule has 4 atom stereocenters. The molecular formula is C30H44N2O6. The first-order valence-corrected chi connectivity index (χ1v) is 13.8. The molecule has 0 aromatic heterocycles. The van der Waals surface area contributed by atoms with Gasteiger partial charge in [-0.15, -0.1) is 0 Å². The Morgan fingerprint density at radius 1 is 1.00 bits per heavy atom. The molecule has 8 heteroatoms. The average molecular weight is 529 g/mol. The summed E-state index contributed by atoms with van der Waals surface area (Å²) in [7, 11) is 3.32. The van der Waals surface area contributed by atoms with E-state index < -0.39 is 6.10 Å². The first kappa shape index (κ1) is 28.8. The van der Waals surface area contributed by atoms with Crippen LogP contribution in [0, 0.1) is 0 Å². The summed E-state index contributed by atoms with van der Waals surface area (Å²) in [5, 5.41) is 13.7. The Kier molecular flexibility index (Phi) is 11.2. The number of hydrogen-bond donors (Lipinski definition) is 2. The number of rotatable bonds is 14. The Morgan fingerprint density at radius 3 is 2.50 bits per heavy atom. The predicted molar refractivity (Wildman–Crippen MR) is 148 cm³/mol. The van der Waals surface area contributed by atoms with Gasteiger partial charge in [0, 0.05) is 46.4 Å². The number of hydrogen-bond acceptors (Lipinski definition) is 8. The molecule has 1 fully saturated rings. The lowest BCUT2D eigenvalue weighted by molar-refractivity contribution is -0.0856. The lowest BCUT2D eigenvalue weighted by Crippen LogP contribution is -2.51. The van der Waals surface area contributed by atoms with E-state index in [1.165, 1.54) is 11.1 Å². The van der Waals surface area contributed by atoms with Crippen molar-refractivity contribution in [3.05, 3.63) is 59.2 Å². The number of methoxy groups -OCH3 is 2. The van der Waals surface area contributed by atoms with Crippen LogP contribution < -0.4 is 15.0 Å². The fourth-order valence-corrected chi connectivity index (χ4v) is 5.31. The summed E-state index contributed by atoms with van der Waals surface area (Å²) in [6.07, 6.45) is 1.12. The van der Waals surface area contributed by atoms with Gasteiger partial charge in [0.2, 0.25) is 0 Å². The van der Waals surface area contributed by atoms with Crippen LogP contribution in [0.4, 0.5) is 5.69 Å². The summed E-state index contributed by atoms with van der Waals surface area (Å²) in [5.41, 5.74) is 4.74. The molecule has 2 aliphatic heterocycles. The second kappa shape index (κ2) is 14.8. The summed E-state index contributed by atoms with van der Waals surface area (Å²) in [5.74, 6) is 0.970. The standard InChI is InChI=1S/C30H44N2O6/c1-4-22-6-9-24(10-7-22)30-28(17-31-18-29(30)38-21-25(33)20-35-3)37-19-23-8-11-27-26(16-23)32(13-15-36-27)12-5-14-34-2/h6-11,16,25,28-31,33H,4-5,12-15,17-21H2,1-3H3/t25-,28+,29-,30-/m1/s1. The van der Waals surface area contributed by atoms with Crippen molar-refractivity contribution in [1.82, 2.24) is 5.32 Å². The second-order valence-electron chi connectivity index (χ2n) is 10.1. The van der Waals surface area contributed by atoms with Crippen LogP contribution in [-0.4, -0.2) is 90.2 Å². The van der Waals surface area contributed by atoms with Crippen LogP contribution in [0.1, 0.15) is 36.0 Å². The molecule has 0 bridgehead atoms. The van der Waals surface area contributed by atoms with Gasteiger partial charge in [-0.2, -0.15) is 0 Å². The van der Waals surface area contributed by atoms with E-state index in [-0.39, 0.29) is 31.3 Å². The van der Waals surface area contributed by atoms with E-state index in [0.717, 1.165) is 56.1 Å². The number of nitrogens with one attached hydrogen (secondary N) is 1. The van der Waals surface area contributed by atoms with Gasteiger partial charge in [0.25, 0.3) is 0 Å². The molecule has 0 radical (unpaired) electrons. The Hall–Kier alpha value is -2.20. The molecule has 0 saturated carbocycles. The number of piperidine rings is 1. The molecule has 2 N–H and O–H groups in total.